The summed E-state index contributed by atoms with van der Waals surface area (Å²) in [7, 11) is 0. The Morgan fingerprint density at radius 2 is 2.43 bits per heavy atom. The Morgan fingerprint density at radius 1 is 1.86 bits per heavy atom. The van der Waals surface area contributed by atoms with Crippen molar-refractivity contribution in [2.75, 3.05) is 0 Å². The molecule has 1 heteroatoms. The van der Waals surface area contributed by atoms with Gasteiger partial charge < -0.3 is 0 Å². The van der Waals surface area contributed by atoms with Crippen molar-refractivity contribution in [2.24, 2.45) is 4.99 Å². The molecule has 0 spiro atoms. The Bertz CT molecular complexity index is 82.2. The number of hydrogen-bond acceptors (Lipinski definition) is 1. The normalized spacial score (nSPS) is 11.4. The van der Waals surface area contributed by atoms with Crippen LogP contribution in [0.2, 0.25) is 0 Å². The summed E-state index contributed by atoms with van der Waals surface area (Å²) in [5, 5.41) is 0. The molecule has 0 aromatic carbocycles. The van der Waals surface area contributed by atoms with Crippen LogP contribution in [0.25, 0.3) is 0 Å². The molecule has 0 rings (SSSR count). The highest BCUT2D eigenvalue weighted by Crippen LogP contribution is 1.82. The lowest BCUT2D eigenvalue weighted by atomic mass is 10.3. The lowest BCUT2D eigenvalue weighted by Crippen LogP contribution is -1.82. The van der Waals surface area contributed by atoms with E-state index in [4.69, 9.17) is 6.58 Å². The minimum Gasteiger partial charge on any atom is -0.266 e. The van der Waals surface area contributed by atoms with Gasteiger partial charge in [-0.05, 0) is 19.9 Å². The van der Waals surface area contributed by atoms with E-state index in [1.807, 2.05) is 13.8 Å². The van der Waals surface area contributed by atoms with Gasteiger partial charge in [-0.2, -0.15) is 0 Å². The average Bonchev–Trinajstić information content (AvgIpc) is 1.68. The molecule has 0 aliphatic carbocycles. The van der Waals surface area contributed by atoms with Gasteiger partial charge in [-0.15, -0.1) is 0 Å². The summed E-state index contributed by atoms with van der Waals surface area (Å²) in [6.45, 7) is 8.98. The Balaban J connectivity index is 3.49. The van der Waals surface area contributed by atoms with Gasteiger partial charge in [0, 0.05) is 11.9 Å². The molecule has 0 amide bonds. The van der Waals surface area contributed by atoms with Crippen LogP contribution in [0.3, 0.4) is 0 Å². The molecule has 0 unspecified atom stereocenters. The molecule has 0 fully saturated rings. The minimum atomic E-state index is 0.980. The van der Waals surface area contributed by atoms with E-state index in [9.17, 15) is 0 Å². The summed E-state index contributed by atoms with van der Waals surface area (Å²) in [5.74, 6) is 0. The fourth-order valence-corrected chi connectivity index (χ4v) is 0.219. The molecule has 0 heterocycles. The second-order valence-electron chi connectivity index (χ2n) is 1.37. The third-order valence-corrected chi connectivity index (χ3v) is 0.807. The average molecular weight is 96.2 g/mol. The van der Waals surface area contributed by atoms with E-state index in [1.165, 1.54) is 6.20 Å². The highest BCUT2D eigenvalue weighted by Gasteiger charge is 1.76. The molecule has 0 aliphatic rings. The quantitative estimate of drug-likeness (QED) is 0.465. The van der Waals surface area contributed by atoms with Gasteiger partial charge in [-0.25, -0.2) is 0 Å². The summed E-state index contributed by atoms with van der Waals surface area (Å²) in [6.07, 6.45) is 2.30. The fraction of sp³-hybridized carbons (Fsp3) is 0.500. The van der Waals surface area contributed by atoms with Crippen LogP contribution in [0.4, 0.5) is 0 Å². The maximum Gasteiger partial charge on any atom is 0.0267 e. The predicted molar refractivity (Wildman–Crippen MR) is 32.3 cm³/mol. The molecular formula is C6H10N. The molecule has 39 valence electrons. The topological polar surface area (TPSA) is 12.4 Å². The van der Waals surface area contributed by atoms with Crippen LogP contribution in [-0.2, 0) is 0 Å². The summed E-state index contributed by atoms with van der Waals surface area (Å²) in [6, 6.07) is 0. The molecule has 0 atom stereocenters. The molecule has 0 saturated carbocycles. The SMILES string of the molecule is [CH]=CN=C(C)CC. The van der Waals surface area contributed by atoms with Crippen molar-refractivity contribution in [3.05, 3.63) is 12.8 Å². The highest BCUT2D eigenvalue weighted by molar-refractivity contribution is 5.81. The van der Waals surface area contributed by atoms with E-state index in [1.54, 1.807) is 0 Å². The van der Waals surface area contributed by atoms with Gasteiger partial charge >= 0.3 is 0 Å². The first-order valence-electron chi connectivity index (χ1n) is 2.38. The highest BCUT2D eigenvalue weighted by atomic mass is 14.7. The van der Waals surface area contributed by atoms with Gasteiger partial charge in [0.1, 0.15) is 0 Å². The van der Waals surface area contributed by atoms with Crippen LogP contribution in [-0.4, -0.2) is 5.71 Å². The molecular weight excluding hydrogens is 86.1 g/mol. The van der Waals surface area contributed by atoms with Crippen molar-refractivity contribution in [3.63, 3.8) is 0 Å². The van der Waals surface area contributed by atoms with Crippen molar-refractivity contribution in [1.82, 2.24) is 0 Å². The molecule has 0 aliphatic heterocycles. The van der Waals surface area contributed by atoms with Crippen LogP contribution in [0.5, 0.6) is 0 Å². The Morgan fingerprint density at radius 3 is 2.57 bits per heavy atom. The standard InChI is InChI=1S/C6H10N/c1-4-6(3)7-5-2/h2,5H,4H2,1,3H3. The summed E-state index contributed by atoms with van der Waals surface area (Å²) >= 11 is 0. The largest absolute Gasteiger partial charge is 0.266 e. The third-order valence-electron chi connectivity index (χ3n) is 0.807. The van der Waals surface area contributed by atoms with Crippen molar-refractivity contribution < 1.29 is 0 Å². The molecule has 0 bridgehead atoms. The maximum atomic E-state index is 4.99. The van der Waals surface area contributed by atoms with Gasteiger partial charge in [0.2, 0.25) is 0 Å². The van der Waals surface area contributed by atoms with Crippen LogP contribution in [0.15, 0.2) is 11.2 Å². The maximum absolute atomic E-state index is 4.99. The monoisotopic (exact) mass is 96.1 g/mol. The lowest BCUT2D eigenvalue weighted by molar-refractivity contribution is 1.25. The molecule has 0 aromatic heterocycles. The van der Waals surface area contributed by atoms with Gasteiger partial charge in [-0.1, -0.05) is 6.92 Å². The van der Waals surface area contributed by atoms with E-state index in [0.717, 1.165) is 12.1 Å². The van der Waals surface area contributed by atoms with Crippen molar-refractivity contribution in [1.29, 1.82) is 0 Å². The summed E-state index contributed by atoms with van der Waals surface area (Å²) in [4.78, 5) is 3.81. The van der Waals surface area contributed by atoms with Crippen molar-refractivity contribution in [3.8, 4) is 0 Å². The second kappa shape index (κ2) is 3.59. The zero-order valence-corrected chi connectivity index (χ0v) is 4.81. The summed E-state index contributed by atoms with van der Waals surface area (Å²) < 4.78 is 0. The van der Waals surface area contributed by atoms with Gasteiger partial charge in [0.15, 0.2) is 0 Å². The predicted octanol–water partition coefficient (Wildman–Crippen LogP) is 1.80. The van der Waals surface area contributed by atoms with E-state index < -0.39 is 0 Å². The number of aliphatic imine (C=N–C) groups is 1. The molecule has 1 nitrogen and oxygen atoms in total. The zero-order chi connectivity index (χ0) is 5.70. The minimum absolute atomic E-state index is 0.980. The van der Waals surface area contributed by atoms with Crippen LogP contribution >= 0.6 is 0 Å². The zero-order valence-electron chi connectivity index (χ0n) is 4.81. The first-order valence-corrected chi connectivity index (χ1v) is 2.38. The lowest BCUT2D eigenvalue weighted by Gasteiger charge is -1.85. The first kappa shape index (κ1) is 6.41. The third kappa shape index (κ3) is 3.23. The smallest absolute Gasteiger partial charge is 0.0267 e. The van der Waals surface area contributed by atoms with Crippen LogP contribution in [0.1, 0.15) is 20.3 Å². The fourth-order valence-electron chi connectivity index (χ4n) is 0.219. The van der Waals surface area contributed by atoms with Crippen LogP contribution in [0, 0.1) is 6.58 Å². The number of nitrogens with zero attached hydrogens (tertiary/aromatic N) is 1. The Labute approximate surface area is 44.8 Å². The van der Waals surface area contributed by atoms with Gasteiger partial charge in [0.25, 0.3) is 0 Å². The van der Waals surface area contributed by atoms with Gasteiger partial charge in [0.05, 0.1) is 0 Å². The van der Waals surface area contributed by atoms with Crippen LogP contribution < -0.4 is 0 Å². The van der Waals surface area contributed by atoms with Crippen molar-refractivity contribution in [2.45, 2.75) is 20.3 Å². The second-order valence-corrected chi connectivity index (χ2v) is 1.37. The molecule has 0 N–H and O–H groups in total. The molecule has 1 radical (unpaired) electrons. The summed E-state index contributed by atoms with van der Waals surface area (Å²) in [5.41, 5.74) is 1.07. The number of rotatable bonds is 2. The Kier molecular flexibility index (Phi) is 3.29. The molecule has 0 saturated heterocycles. The van der Waals surface area contributed by atoms with E-state index in [2.05, 4.69) is 4.99 Å². The molecule has 7 heavy (non-hydrogen) atoms. The van der Waals surface area contributed by atoms with Gasteiger partial charge in [-0.3, -0.25) is 4.99 Å². The van der Waals surface area contributed by atoms with E-state index in [-0.39, 0.29) is 0 Å². The van der Waals surface area contributed by atoms with Crippen molar-refractivity contribution >= 4 is 5.71 Å². The Hall–Kier alpha value is -0.590. The molecule has 0 aromatic rings. The number of hydrogen-bond donors (Lipinski definition) is 0. The van der Waals surface area contributed by atoms with E-state index in [0.29, 0.717) is 0 Å². The van der Waals surface area contributed by atoms with E-state index >= 15 is 0 Å². The first-order chi connectivity index (χ1) is 3.31.